The number of hydrogen-bond acceptors (Lipinski definition) is 6. The Bertz CT molecular complexity index is 1570. The fourth-order valence-electron chi connectivity index (χ4n) is 3.23. The molecule has 12 nitrogen and oxygen atoms in total. The first-order valence-corrected chi connectivity index (χ1v) is 13.8. The van der Waals surface area contributed by atoms with Crippen molar-refractivity contribution in [2.45, 2.75) is 13.8 Å². The Morgan fingerprint density at radius 1 is 0.565 bits per heavy atom. The number of carbonyl (C=O) groups is 4. The van der Waals surface area contributed by atoms with Gasteiger partial charge < -0.3 is 29.9 Å². The number of anilines is 2. The lowest BCUT2D eigenvalue weighted by molar-refractivity contribution is 0.0683. The Kier molecular flexibility index (Phi) is 14.4. The molecule has 0 radical (unpaired) electrons. The molecule has 14 heteroatoms. The largest absolute Gasteiger partial charge is 0.478 e. The van der Waals surface area contributed by atoms with E-state index >= 15 is 0 Å². The maximum Gasteiger partial charge on any atom is 0.409 e. The van der Waals surface area contributed by atoms with Crippen LogP contribution in [0.2, 0.25) is 10.0 Å². The van der Waals surface area contributed by atoms with Gasteiger partial charge in [-0.05, 0) is 98.8 Å². The van der Waals surface area contributed by atoms with Gasteiger partial charge in [0.05, 0.1) is 0 Å². The van der Waals surface area contributed by atoms with Crippen molar-refractivity contribution in [2.24, 2.45) is 0 Å². The Labute approximate surface area is 273 Å². The summed E-state index contributed by atoms with van der Waals surface area (Å²) in [6.45, 7) is 4.00. The van der Waals surface area contributed by atoms with Crippen LogP contribution in [0.4, 0.5) is 21.0 Å². The second-order valence-corrected chi connectivity index (χ2v) is 9.54. The second-order valence-electron chi connectivity index (χ2n) is 8.67. The molecule has 6 N–H and O–H groups in total. The van der Waals surface area contributed by atoms with Crippen molar-refractivity contribution in [3.8, 4) is 23.0 Å². The first kappa shape index (κ1) is 36.5. The van der Waals surface area contributed by atoms with Crippen LogP contribution in [0.15, 0.2) is 97.1 Å². The van der Waals surface area contributed by atoms with Gasteiger partial charge in [0.2, 0.25) is 0 Å². The summed E-state index contributed by atoms with van der Waals surface area (Å²) in [5.74, 6) is -1.43. The Morgan fingerprint density at radius 3 is 1.15 bits per heavy atom. The van der Waals surface area contributed by atoms with Crippen LogP contribution in [0.25, 0.3) is 0 Å². The van der Waals surface area contributed by atoms with Crippen molar-refractivity contribution in [1.82, 2.24) is 0 Å². The van der Waals surface area contributed by atoms with E-state index in [2.05, 4.69) is 10.6 Å². The highest BCUT2D eigenvalue weighted by molar-refractivity contribution is 6.30. The van der Waals surface area contributed by atoms with Crippen molar-refractivity contribution in [1.29, 1.82) is 0 Å². The average Bonchev–Trinajstić information content (AvgIpc) is 3.00. The maximum atomic E-state index is 11.2. The van der Waals surface area contributed by atoms with Crippen LogP contribution in [0.1, 0.15) is 34.6 Å². The van der Waals surface area contributed by atoms with Crippen molar-refractivity contribution >= 4 is 58.7 Å². The first-order chi connectivity index (χ1) is 21.8. The molecule has 0 bridgehead atoms. The molecule has 0 atom stereocenters. The number of aromatic carboxylic acids is 2. The van der Waals surface area contributed by atoms with Crippen LogP contribution in [0.5, 0.6) is 23.0 Å². The third kappa shape index (κ3) is 12.5. The molecule has 4 aromatic carbocycles. The number of benzene rings is 4. The zero-order valence-corrected chi connectivity index (χ0v) is 25.7. The molecule has 46 heavy (non-hydrogen) atoms. The molecule has 2 amide bonds. The fourth-order valence-corrected chi connectivity index (χ4v) is 3.49. The number of carboxylic acids is 2. The van der Waals surface area contributed by atoms with Crippen LogP contribution in [0.3, 0.4) is 0 Å². The highest BCUT2D eigenvalue weighted by Crippen LogP contribution is 2.30. The molecule has 0 aromatic heterocycles. The second kappa shape index (κ2) is 18.2. The van der Waals surface area contributed by atoms with Gasteiger partial charge in [0.25, 0.3) is 0 Å². The summed E-state index contributed by atoms with van der Waals surface area (Å²) < 4.78 is 10.9. The number of rotatable bonds is 8. The number of nitrogens with one attached hydrogen (secondary N) is 2. The summed E-state index contributed by atoms with van der Waals surface area (Å²) in [4.78, 5) is 43.6. The number of allylic oxidation sites excluding steroid dienone is 2. The third-order valence-corrected chi connectivity index (χ3v) is 5.84. The summed E-state index contributed by atoms with van der Waals surface area (Å²) in [5.41, 5.74) is -0.0286. The van der Waals surface area contributed by atoms with Gasteiger partial charge in [-0.3, -0.25) is 10.6 Å². The van der Waals surface area contributed by atoms with E-state index in [1.54, 1.807) is 48.5 Å². The van der Waals surface area contributed by atoms with Crippen molar-refractivity contribution in [3.63, 3.8) is 0 Å². The van der Waals surface area contributed by atoms with E-state index in [1.165, 1.54) is 36.4 Å². The normalized spacial score (nSPS) is 9.91. The zero-order valence-electron chi connectivity index (χ0n) is 24.2. The zero-order chi connectivity index (χ0) is 34.2. The van der Waals surface area contributed by atoms with Gasteiger partial charge in [-0.15, -0.1) is 0 Å². The minimum atomic E-state index is -1.28. The minimum Gasteiger partial charge on any atom is -0.478 e. The molecule has 0 aliphatic rings. The molecule has 240 valence electrons. The number of carboxylic acid groups (broad SMARTS) is 4. The molecule has 0 aliphatic heterocycles. The number of hydrogen-bond donors (Lipinski definition) is 6. The quantitative estimate of drug-likeness (QED) is 0.0983. The molecule has 0 saturated heterocycles. The number of amides is 2. The van der Waals surface area contributed by atoms with Crippen LogP contribution < -0.4 is 20.1 Å². The molecular formula is C32H28Cl2N2O10. The molecule has 4 rings (SSSR count). The van der Waals surface area contributed by atoms with Crippen LogP contribution in [-0.4, -0.2) is 44.6 Å². The van der Waals surface area contributed by atoms with Gasteiger partial charge in [0, 0.05) is 21.4 Å². The lowest BCUT2D eigenvalue weighted by Crippen LogP contribution is -2.08. The standard InChI is InChI=1S/2C14H10ClNO5.C4H8/c2*15-8-1-4-10(5-2-8)21-12-6-3-9(16-14(19)20)7-11(12)13(17)18;1-3-4-2/h2*1-7,16H,(H,17,18)(H,19,20);3-4H,1-2H3/b;;4-3-. The van der Waals surface area contributed by atoms with Crippen molar-refractivity contribution < 1.29 is 49.1 Å². The van der Waals surface area contributed by atoms with Crippen molar-refractivity contribution in [2.75, 3.05) is 10.6 Å². The van der Waals surface area contributed by atoms with Crippen LogP contribution in [-0.2, 0) is 0 Å². The highest BCUT2D eigenvalue weighted by Gasteiger charge is 2.15. The maximum absolute atomic E-state index is 11.2. The highest BCUT2D eigenvalue weighted by atomic mass is 35.5. The molecule has 0 aliphatic carbocycles. The lowest BCUT2D eigenvalue weighted by Gasteiger charge is -2.10. The predicted octanol–water partition coefficient (Wildman–Crippen LogP) is 9.42. The smallest absolute Gasteiger partial charge is 0.409 e. The molecule has 0 fully saturated rings. The van der Waals surface area contributed by atoms with E-state index < -0.39 is 24.1 Å². The predicted molar refractivity (Wildman–Crippen MR) is 174 cm³/mol. The minimum absolute atomic E-state index is 0.0979. The first-order valence-electron chi connectivity index (χ1n) is 13.0. The molecular weight excluding hydrogens is 643 g/mol. The van der Waals surface area contributed by atoms with Crippen LogP contribution in [0, 0.1) is 0 Å². The molecule has 0 saturated carbocycles. The van der Waals surface area contributed by atoms with E-state index in [0.717, 1.165) is 0 Å². The van der Waals surface area contributed by atoms with Gasteiger partial charge in [0.15, 0.2) is 0 Å². The number of halogens is 2. The summed E-state index contributed by atoms with van der Waals surface area (Å²) in [6, 6.07) is 20.8. The molecule has 4 aromatic rings. The van der Waals surface area contributed by atoms with E-state index in [0.29, 0.717) is 21.5 Å². The summed E-state index contributed by atoms with van der Waals surface area (Å²) >= 11 is 11.5. The third-order valence-electron chi connectivity index (χ3n) is 5.34. The van der Waals surface area contributed by atoms with E-state index in [4.69, 9.17) is 42.9 Å². The van der Waals surface area contributed by atoms with E-state index in [-0.39, 0.29) is 34.0 Å². The average molecular weight is 671 g/mol. The Balaban J connectivity index is 0.000000287. The lowest BCUT2D eigenvalue weighted by atomic mass is 10.1. The fraction of sp³-hybridized carbons (Fsp3) is 0.0625. The summed E-state index contributed by atoms with van der Waals surface area (Å²) in [7, 11) is 0. The van der Waals surface area contributed by atoms with Gasteiger partial charge in [-0.1, -0.05) is 35.4 Å². The van der Waals surface area contributed by atoms with Gasteiger partial charge in [0.1, 0.15) is 34.1 Å². The Morgan fingerprint density at radius 2 is 0.891 bits per heavy atom. The van der Waals surface area contributed by atoms with Crippen LogP contribution >= 0.6 is 23.2 Å². The summed E-state index contributed by atoms with van der Waals surface area (Å²) in [6.07, 6.45) is 1.44. The Hall–Kier alpha value is -5.72. The van der Waals surface area contributed by atoms with Gasteiger partial charge >= 0.3 is 24.1 Å². The van der Waals surface area contributed by atoms with Gasteiger partial charge in [-0.25, -0.2) is 19.2 Å². The van der Waals surface area contributed by atoms with Gasteiger partial charge in [-0.2, -0.15) is 0 Å². The summed E-state index contributed by atoms with van der Waals surface area (Å²) in [5, 5.41) is 40.8. The van der Waals surface area contributed by atoms with E-state index in [9.17, 15) is 29.4 Å². The number of ether oxygens (including phenoxy) is 2. The van der Waals surface area contributed by atoms with Crippen molar-refractivity contribution in [3.05, 3.63) is 118 Å². The SMILES string of the molecule is C/C=C\C.O=C(O)Nc1ccc(Oc2ccc(Cl)cc2)c(C(=O)O)c1.O=C(O)Nc1ccc(Oc2ccc(Cl)cc2)c(C(=O)O)c1. The molecule has 0 heterocycles. The molecule has 0 spiro atoms. The monoisotopic (exact) mass is 670 g/mol. The topological polar surface area (TPSA) is 192 Å². The van der Waals surface area contributed by atoms with E-state index in [1.807, 2.05) is 26.0 Å². The molecule has 0 unspecified atom stereocenters.